The number of aliphatic imine (C=N–C) groups is 1. The Morgan fingerprint density at radius 3 is 1.98 bits per heavy atom. The minimum Gasteiger partial charge on any atom is -0.372 e. The van der Waals surface area contributed by atoms with Gasteiger partial charge in [-0.1, -0.05) is 137 Å². The number of thioether (sulfide) groups is 1. The van der Waals surface area contributed by atoms with Crippen molar-refractivity contribution < 1.29 is 18.7 Å². The number of carbonyl (C=O) groups excluding carboxylic acids is 1. The molecule has 1 fully saturated rings. The summed E-state index contributed by atoms with van der Waals surface area (Å²) in [5.74, 6) is 0.0415. The maximum Gasteiger partial charge on any atom is 0.169 e. The molecule has 2 aliphatic rings. The topological polar surface area (TPSA) is 47.9 Å². The Kier molecular flexibility index (Phi) is 9.24. The molecular weight excluding hydrogens is 673 g/mol. The van der Waals surface area contributed by atoms with Gasteiger partial charge in [0.25, 0.3) is 0 Å². The van der Waals surface area contributed by atoms with Crippen molar-refractivity contribution in [2.75, 3.05) is 19.0 Å². The van der Waals surface area contributed by atoms with Crippen molar-refractivity contribution in [1.82, 2.24) is 0 Å². The van der Waals surface area contributed by atoms with Gasteiger partial charge < -0.3 is 9.47 Å². The number of hydrogen-bond donors (Lipinski definition) is 0. The summed E-state index contributed by atoms with van der Waals surface area (Å²) in [6, 6.07) is 44.9. The van der Waals surface area contributed by atoms with Crippen molar-refractivity contribution in [3.63, 3.8) is 0 Å². The molecule has 5 aromatic carbocycles. The molecule has 2 heterocycles. The van der Waals surface area contributed by atoms with Crippen molar-refractivity contribution in [2.24, 2.45) is 10.9 Å². The molecular formula is C40H33BrFNO3S. The molecule has 7 heteroatoms. The van der Waals surface area contributed by atoms with Gasteiger partial charge in [-0.05, 0) is 34.9 Å². The van der Waals surface area contributed by atoms with Crippen molar-refractivity contribution >= 4 is 38.5 Å². The molecule has 0 aromatic heterocycles. The minimum absolute atomic E-state index is 0.0164. The summed E-state index contributed by atoms with van der Waals surface area (Å²) in [7, 11) is 0. The fraction of sp³-hybridized carbons (Fsp3) is 0.200. The first-order valence-electron chi connectivity index (χ1n) is 15.7. The van der Waals surface area contributed by atoms with Gasteiger partial charge in [-0.25, -0.2) is 4.39 Å². The minimum atomic E-state index is -1.01. The van der Waals surface area contributed by atoms with Gasteiger partial charge in [0, 0.05) is 27.3 Å². The fourth-order valence-corrected chi connectivity index (χ4v) is 8.51. The van der Waals surface area contributed by atoms with Gasteiger partial charge in [0.2, 0.25) is 0 Å². The highest BCUT2D eigenvalue weighted by atomic mass is 79.9. The Labute approximate surface area is 287 Å². The van der Waals surface area contributed by atoms with Gasteiger partial charge in [0.15, 0.2) is 5.78 Å². The summed E-state index contributed by atoms with van der Waals surface area (Å²) in [4.78, 5) is 18.4. The van der Waals surface area contributed by atoms with Crippen LogP contribution < -0.4 is 0 Å². The molecule has 0 unspecified atom stereocenters. The molecule has 0 saturated carbocycles. The zero-order chi connectivity index (χ0) is 32.3. The average Bonchev–Trinajstić information content (AvgIpc) is 3.50. The smallest absolute Gasteiger partial charge is 0.169 e. The summed E-state index contributed by atoms with van der Waals surface area (Å²) in [6.07, 6.45) is -0.231. The van der Waals surface area contributed by atoms with E-state index in [9.17, 15) is 4.79 Å². The van der Waals surface area contributed by atoms with Crippen LogP contribution >= 0.6 is 27.7 Å². The molecule has 236 valence electrons. The number of benzene rings is 5. The zero-order valence-electron chi connectivity index (χ0n) is 25.6. The number of hydrogen-bond acceptors (Lipinski definition) is 5. The van der Waals surface area contributed by atoms with Gasteiger partial charge in [0.1, 0.15) is 17.0 Å². The maximum absolute atomic E-state index is 15.8. The highest BCUT2D eigenvalue weighted by Crippen LogP contribution is 2.50. The standard InChI is InChI=1S/C40H33BrFNO3S/c41-32-21-22-35(42)33(23-32)39-27-45-37(34(39)26-47-38(43-39)24-36(44)28-13-5-1-6-14-28)25-46-40(29-15-7-2-8-16-29,30-17-9-3-10-18-30)31-19-11-4-12-20-31/h1-23,34,37H,24-27H2/t34-,37-,39-/m1/s1. The quantitative estimate of drug-likeness (QED) is 0.107. The van der Waals surface area contributed by atoms with E-state index in [0.29, 0.717) is 21.9 Å². The lowest BCUT2D eigenvalue weighted by Crippen LogP contribution is -2.43. The Balaban J connectivity index is 1.27. The van der Waals surface area contributed by atoms with Gasteiger partial charge >= 0.3 is 0 Å². The SMILES string of the molecule is O=C(CC1=N[C@@]2(c3cc(Br)ccc3F)CO[C@H](COC(c3ccccc3)(c3ccccc3)c3ccccc3)[C@H]2CS1)c1ccccc1. The third kappa shape index (κ3) is 6.14. The molecule has 2 aliphatic heterocycles. The van der Waals surface area contributed by atoms with E-state index < -0.39 is 11.1 Å². The van der Waals surface area contributed by atoms with Crippen LogP contribution in [0.3, 0.4) is 0 Å². The Morgan fingerprint density at radius 2 is 1.40 bits per heavy atom. The Hall–Kier alpha value is -3.88. The van der Waals surface area contributed by atoms with Crippen LogP contribution in [-0.4, -0.2) is 35.9 Å². The Bertz CT molecular complexity index is 1780. The molecule has 5 aromatic rings. The molecule has 0 N–H and O–H groups in total. The first-order valence-corrected chi connectivity index (χ1v) is 17.4. The predicted octanol–water partition coefficient (Wildman–Crippen LogP) is 9.23. The number of nitrogens with zero attached hydrogens (tertiary/aromatic N) is 1. The predicted molar refractivity (Wildman–Crippen MR) is 189 cm³/mol. The van der Waals surface area contributed by atoms with Gasteiger partial charge in [-0.15, -0.1) is 11.8 Å². The van der Waals surface area contributed by atoms with E-state index >= 15 is 4.39 Å². The highest BCUT2D eigenvalue weighted by molar-refractivity contribution is 9.10. The second-order valence-electron chi connectivity index (χ2n) is 11.9. The van der Waals surface area contributed by atoms with Crippen LogP contribution in [0.15, 0.2) is 149 Å². The molecule has 7 rings (SSSR count). The van der Waals surface area contributed by atoms with Gasteiger partial charge in [0.05, 0.1) is 30.8 Å². The molecule has 1 saturated heterocycles. The van der Waals surface area contributed by atoms with Crippen molar-refractivity contribution in [3.8, 4) is 0 Å². The molecule has 0 amide bonds. The molecule has 4 nitrogen and oxygen atoms in total. The van der Waals surface area contributed by atoms with Crippen LogP contribution in [0.25, 0.3) is 0 Å². The monoisotopic (exact) mass is 705 g/mol. The molecule has 0 spiro atoms. The molecule has 0 aliphatic carbocycles. The summed E-state index contributed by atoms with van der Waals surface area (Å²) in [5, 5.41) is 0.687. The van der Waals surface area contributed by atoms with Crippen LogP contribution in [0, 0.1) is 11.7 Å². The summed E-state index contributed by atoms with van der Waals surface area (Å²) >= 11 is 5.10. The van der Waals surface area contributed by atoms with Crippen LogP contribution in [0.1, 0.15) is 39.0 Å². The van der Waals surface area contributed by atoms with E-state index in [1.165, 1.54) is 6.07 Å². The lowest BCUT2D eigenvalue weighted by molar-refractivity contribution is -0.0536. The summed E-state index contributed by atoms with van der Waals surface area (Å²) in [6.45, 7) is 0.423. The molecule has 0 bridgehead atoms. The summed E-state index contributed by atoms with van der Waals surface area (Å²) < 4.78 is 30.3. The van der Waals surface area contributed by atoms with E-state index in [0.717, 1.165) is 21.2 Å². The number of fused-ring (bicyclic) bond motifs is 1. The van der Waals surface area contributed by atoms with E-state index in [-0.39, 0.29) is 43.3 Å². The van der Waals surface area contributed by atoms with E-state index in [1.807, 2.05) is 84.9 Å². The van der Waals surface area contributed by atoms with Crippen molar-refractivity contribution in [2.45, 2.75) is 23.7 Å². The van der Waals surface area contributed by atoms with Crippen molar-refractivity contribution in [1.29, 1.82) is 0 Å². The molecule has 0 radical (unpaired) electrons. The number of ketones is 1. The third-order valence-corrected chi connectivity index (χ3v) is 10.7. The molecule has 47 heavy (non-hydrogen) atoms. The Morgan fingerprint density at radius 1 is 0.851 bits per heavy atom. The highest BCUT2D eigenvalue weighted by Gasteiger charge is 2.55. The zero-order valence-corrected chi connectivity index (χ0v) is 28.0. The normalized spacial score (nSPS) is 20.8. The molecule has 3 atom stereocenters. The number of Topliss-reactive ketones (excluding diaryl/α,β-unsaturated/α-hetero) is 1. The number of rotatable bonds is 10. The van der Waals surface area contributed by atoms with Gasteiger partial charge in [-0.2, -0.15) is 0 Å². The third-order valence-electron chi connectivity index (χ3n) is 9.14. The van der Waals surface area contributed by atoms with Crippen LogP contribution in [-0.2, 0) is 20.6 Å². The number of carbonyl (C=O) groups is 1. The van der Waals surface area contributed by atoms with E-state index in [1.54, 1.807) is 23.9 Å². The first kappa shape index (κ1) is 31.7. The van der Waals surface area contributed by atoms with Crippen LogP contribution in [0.5, 0.6) is 0 Å². The second kappa shape index (κ2) is 13.7. The van der Waals surface area contributed by atoms with Crippen LogP contribution in [0.2, 0.25) is 0 Å². The first-order chi connectivity index (χ1) is 23.0. The maximum atomic E-state index is 15.8. The van der Waals surface area contributed by atoms with Crippen molar-refractivity contribution in [3.05, 3.63) is 178 Å². The van der Waals surface area contributed by atoms with Crippen LogP contribution in [0.4, 0.5) is 4.39 Å². The number of ether oxygens (including phenoxy) is 2. The number of halogens is 2. The van der Waals surface area contributed by atoms with E-state index in [2.05, 4.69) is 52.3 Å². The second-order valence-corrected chi connectivity index (χ2v) is 13.9. The lowest BCUT2D eigenvalue weighted by Gasteiger charge is -2.39. The fourth-order valence-electron chi connectivity index (χ4n) is 6.83. The summed E-state index contributed by atoms with van der Waals surface area (Å²) in [5.41, 5.74) is 2.16. The lowest BCUT2D eigenvalue weighted by atomic mass is 9.78. The average molecular weight is 707 g/mol. The van der Waals surface area contributed by atoms with E-state index in [4.69, 9.17) is 14.5 Å². The van der Waals surface area contributed by atoms with Gasteiger partial charge in [-0.3, -0.25) is 9.79 Å². The largest absolute Gasteiger partial charge is 0.372 e.